The molecule has 0 radical (unpaired) electrons. The number of hydrogen-bond donors (Lipinski definition) is 3. The largest absolute Gasteiger partial charge is 0.505 e. The van der Waals surface area contributed by atoms with E-state index in [0.29, 0.717) is 23.7 Å². The zero-order valence-corrected chi connectivity index (χ0v) is 19.3. The van der Waals surface area contributed by atoms with E-state index in [1.165, 1.54) is 0 Å². The van der Waals surface area contributed by atoms with Crippen molar-refractivity contribution in [2.24, 2.45) is 5.92 Å². The number of benzene rings is 2. The fourth-order valence-electron chi connectivity index (χ4n) is 3.86. The Morgan fingerprint density at radius 1 is 1.08 bits per heavy atom. The lowest BCUT2D eigenvalue weighted by atomic mass is 9.86. The highest BCUT2D eigenvalue weighted by Gasteiger charge is 2.38. The van der Waals surface area contributed by atoms with Gasteiger partial charge >= 0.3 is 12.1 Å². The van der Waals surface area contributed by atoms with Crippen molar-refractivity contribution in [1.82, 2.24) is 15.1 Å². The van der Waals surface area contributed by atoms with Gasteiger partial charge in [-0.25, -0.2) is 13.6 Å². The first-order valence-corrected chi connectivity index (χ1v) is 11.1. The van der Waals surface area contributed by atoms with Gasteiger partial charge in [0.15, 0.2) is 11.6 Å². The predicted octanol–water partition coefficient (Wildman–Crippen LogP) is 5.47. The standard InChI is InChI=1S/C21H20ClF2N3O2.C2HF3O2/c22-14-3-6-19-13(7-14)11-27(26-19)15-4-1-12(2-5-15)10-25-21(29)16-8-18(24)20(28)9-17(16)23;3-2(4,5)1(6)7/h3,6-9,11-12,15,28H,1-2,4-5,10H2,(H,25,29);(H,6,7). The van der Waals surface area contributed by atoms with E-state index >= 15 is 0 Å². The monoisotopic (exact) mass is 533 g/mol. The summed E-state index contributed by atoms with van der Waals surface area (Å²) in [5.41, 5.74) is 0.503. The first-order chi connectivity index (χ1) is 16.8. The van der Waals surface area contributed by atoms with Gasteiger partial charge in [-0.05, 0) is 55.9 Å². The molecule has 0 saturated heterocycles. The maximum absolute atomic E-state index is 13.8. The second kappa shape index (κ2) is 11.1. The third-order valence-corrected chi connectivity index (χ3v) is 5.98. The Morgan fingerprint density at radius 2 is 1.72 bits per heavy atom. The van der Waals surface area contributed by atoms with Gasteiger partial charge in [-0.1, -0.05) is 11.6 Å². The van der Waals surface area contributed by atoms with Gasteiger partial charge < -0.3 is 15.5 Å². The Kier molecular flexibility index (Phi) is 8.39. The van der Waals surface area contributed by atoms with Crippen molar-refractivity contribution in [1.29, 1.82) is 0 Å². The van der Waals surface area contributed by atoms with Crippen molar-refractivity contribution < 1.29 is 41.8 Å². The number of halogens is 6. The number of rotatable bonds is 4. The second-order valence-corrected chi connectivity index (χ2v) is 8.72. The van der Waals surface area contributed by atoms with Crippen LogP contribution >= 0.6 is 11.6 Å². The molecule has 1 saturated carbocycles. The van der Waals surface area contributed by atoms with Crippen LogP contribution in [0.25, 0.3) is 10.9 Å². The summed E-state index contributed by atoms with van der Waals surface area (Å²) in [6.45, 7) is 0.393. The van der Waals surface area contributed by atoms with Gasteiger partial charge in [0.05, 0.1) is 17.1 Å². The Balaban J connectivity index is 0.000000454. The van der Waals surface area contributed by atoms with E-state index in [1.54, 1.807) is 0 Å². The minimum absolute atomic E-state index is 0.264. The van der Waals surface area contributed by atoms with Gasteiger partial charge in [-0.15, -0.1) is 0 Å². The van der Waals surface area contributed by atoms with Crippen molar-refractivity contribution in [3.05, 3.63) is 58.7 Å². The normalized spacial score (nSPS) is 17.8. The van der Waals surface area contributed by atoms with Crippen LogP contribution < -0.4 is 5.32 Å². The van der Waals surface area contributed by atoms with E-state index < -0.39 is 41.0 Å². The summed E-state index contributed by atoms with van der Waals surface area (Å²) >= 11 is 6.04. The van der Waals surface area contributed by atoms with Crippen molar-refractivity contribution >= 4 is 34.4 Å². The lowest BCUT2D eigenvalue weighted by Crippen LogP contribution is -2.32. The number of nitrogens with zero attached hydrogens (tertiary/aromatic N) is 2. The van der Waals surface area contributed by atoms with Crippen LogP contribution in [0.2, 0.25) is 5.02 Å². The number of phenolic OH excluding ortho intramolecular Hbond substituents is 1. The number of carboxylic acids is 1. The van der Waals surface area contributed by atoms with Gasteiger partial charge in [0.2, 0.25) is 0 Å². The fourth-order valence-corrected chi connectivity index (χ4v) is 4.04. The number of carbonyl (C=O) groups excluding carboxylic acids is 1. The summed E-state index contributed by atoms with van der Waals surface area (Å²) in [6.07, 6.45) is 0.563. The number of aromatic nitrogens is 2. The molecule has 3 N–H and O–H groups in total. The number of nitrogens with one attached hydrogen (secondary N) is 1. The molecule has 0 bridgehead atoms. The van der Waals surface area contributed by atoms with Crippen molar-refractivity contribution in [3.8, 4) is 5.75 Å². The van der Waals surface area contributed by atoms with Crippen LogP contribution in [0.4, 0.5) is 22.0 Å². The summed E-state index contributed by atoms with van der Waals surface area (Å²) in [5.74, 6) is -5.96. The molecule has 1 aliphatic rings. The zero-order valence-electron chi connectivity index (χ0n) is 18.5. The number of aliphatic carboxylic acids is 1. The number of hydrogen-bond acceptors (Lipinski definition) is 4. The third-order valence-electron chi connectivity index (χ3n) is 5.75. The molecule has 194 valence electrons. The maximum atomic E-state index is 13.8. The Labute approximate surface area is 206 Å². The van der Waals surface area contributed by atoms with E-state index in [2.05, 4.69) is 10.4 Å². The number of fused-ring (bicyclic) bond motifs is 1. The SMILES string of the molecule is O=C(NCC1CCC(n2cc3cc(Cl)ccc3n2)CC1)c1cc(F)c(O)cc1F.O=C(O)C(F)(F)F. The average molecular weight is 534 g/mol. The number of carboxylic acid groups (broad SMARTS) is 1. The summed E-state index contributed by atoms with van der Waals surface area (Å²) in [7, 11) is 0. The van der Waals surface area contributed by atoms with Crippen LogP contribution in [-0.2, 0) is 4.79 Å². The molecule has 13 heteroatoms. The molecule has 0 aliphatic heterocycles. The fraction of sp³-hybridized carbons (Fsp3) is 0.348. The highest BCUT2D eigenvalue weighted by atomic mass is 35.5. The number of carbonyl (C=O) groups is 2. The molecular formula is C23H21ClF5N3O4. The molecule has 36 heavy (non-hydrogen) atoms. The number of amides is 1. The smallest absolute Gasteiger partial charge is 0.490 e. The van der Waals surface area contributed by atoms with Crippen LogP contribution in [0.5, 0.6) is 5.75 Å². The lowest BCUT2D eigenvalue weighted by Gasteiger charge is -2.28. The summed E-state index contributed by atoms with van der Waals surface area (Å²) in [5, 5.41) is 25.3. The average Bonchev–Trinajstić information content (AvgIpc) is 3.23. The number of alkyl halides is 3. The van der Waals surface area contributed by atoms with E-state index in [-0.39, 0.29) is 12.0 Å². The molecule has 0 unspecified atom stereocenters. The molecule has 3 aromatic rings. The summed E-state index contributed by atoms with van der Waals surface area (Å²) in [6, 6.07) is 7.23. The van der Waals surface area contributed by atoms with Gasteiger partial charge in [-0.2, -0.15) is 18.3 Å². The van der Waals surface area contributed by atoms with Gasteiger partial charge in [0.1, 0.15) is 5.82 Å². The molecule has 0 atom stereocenters. The molecular weight excluding hydrogens is 513 g/mol. The molecule has 1 aromatic heterocycles. The van der Waals surface area contributed by atoms with Crippen LogP contribution in [-0.4, -0.2) is 44.6 Å². The molecule has 1 heterocycles. The molecule has 0 spiro atoms. The Bertz CT molecular complexity index is 1260. The highest BCUT2D eigenvalue weighted by Crippen LogP contribution is 2.33. The Hall–Kier alpha value is -3.41. The molecule has 7 nitrogen and oxygen atoms in total. The van der Waals surface area contributed by atoms with Crippen LogP contribution in [0.3, 0.4) is 0 Å². The van der Waals surface area contributed by atoms with Gasteiger partial charge in [0.25, 0.3) is 5.91 Å². The van der Waals surface area contributed by atoms with E-state index in [9.17, 15) is 26.7 Å². The molecule has 1 fully saturated rings. The maximum Gasteiger partial charge on any atom is 0.490 e. The Morgan fingerprint density at radius 3 is 2.33 bits per heavy atom. The highest BCUT2D eigenvalue weighted by molar-refractivity contribution is 6.31. The first kappa shape index (κ1) is 27.2. The van der Waals surface area contributed by atoms with Crippen LogP contribution in [0, 0.1) is 17.6 Å². The topological polar surface area (TPSA) is 104 Å². The molecule has 2 aromatic carbocycles. The van der Waals surface area contributed by atoms with E-state index in [0.717, 1.165) is 36.6 Å². The second-order valence-electron chi connectivity index (χ2n) is 8.28. The van der Waals surface area contributed by atoms with Crippen LogP contribution in [0.1, 0.15) is 42.1 Å². The van der Waals surface area contributed by atoms with Gasteiger partial charge in [-0.3, -0.25) is 9.48 Å². The van der Waals surface area contributed by atoms with Crippen molar-refractivity contribution in [2.75, 3.05) is 6.54 Å². The van der Waals surface area contributed by atoms with E-state index in [4.69, 9.17) is 26.6 Å². The zero-order chi connectivity index (χ0) is 26.6. The molecule has 1 amide bonds. The number of aromatic hydroxyl groups is 1. The van der Waals surface area contributed by atoms with Gasteiger partial charge in [0, 0.05) is 29.2 Å². The lowest BCUT2D eigenvalue weighted by molar-refractivity contribution is -0.192. The summed E-state index contributed by atoms with van der Waals surface area (Å²) < 4.78 is 60.9. The minimum atomic E-state index is -5.08. The molecule has 1 aliphatic carbocycles. The quantitative estimate of drug-likeness (QED) is 0.386. The predicted molar refractivity (Wildman–Crippen MR) is 120 cm³/mol. The van der Waals surface area contributed by atoms with E-state index in [1.807, 2.05) is 29.1 Å². The summed E-state index contributed by atoms with van der Waals surface area (Å²) in [4.78, 5) is 21.1. The van der Waals surface area contributed by atoms with Crippen LogP contribution in [0.15, 0.2) is 36.5 Å². The molecule has 4 rings (SSSR count). The first-order valence-electron chi connectivity index (χ1n) is 10.8. The third kappa shape index (κ3) is 6.84. The minimum Gasteiger partial charge on any atom is -0.505 e. The van der Waals surface area contributed by atoms with Crippen molar-refractivity contribution in [3.63, 3.8) is 0 Å². The van der Waals surface area contributed by atoms with Crippen molar-refractivity contribution in [2.45, 2.75) is 37.9 Å². The number of phenols is 1.